The lowest BCUT2D eigenvalue weighted by atomic mass is 10.3. The van der Waals surface area contributed by atoms with Crippen LogP contribution in [0.25, 0.3) is 0 Å². The zero-order chi connectivity index (χ0) is 10.5. The molecule has 0 bridgehead atoms. The summed E-state index contributed by atoms with van der Waals surface area (Å²) in [6.07, 6.45) is 1.04. The van der Waals surface area contributed by atoms with Gasteiger partial charge in [-0.25, -0.2) is 0 Å². The number of carbonyl (C=O) groups is 1. The number of hydrogen-bond donors (Lipinski definition) is 1. The third-order valence-corrected chi connectivity index (χ3v) is 6.54. The molecule has 78 valence electrons. The smallest absolute Gasteiger partial charge is 0.303 e. The van der Waals surface area contributed by atoms with Crippen LogP contribution in [0.5, 0.6) is 0 Å². The fraction of sp³-hybridized carbons (Fsp3) is 0.875. The van der Waals surface area contributed by atoms with E-state index in [1.54, 1.807) is 11.9 Å². The van der Waals surface area contributed by atoms with Crippen molar-refractivity contribution in [3.05, 3.63) is 0 Å². The van der Waals surface area contributed by atoms with Crippen LogP contribution >= 0.6 is 11.9 Å². The van der Waals surface area contributed by atoms with E-state index in [-0.39, 0.29) is 6.42 Å². The Balaban J connectivity index is 3.49. The molecule has 3 nitrogen and oxygen atoms in total. The summed E-state index contributed by atoms with van der Waals surface area (Å²) < 4.78 is 2.30. The first-order valence-electron chi connectivity index (χ1n) is 4.42. The van der Waals surface area contributed by atoms with Gasteiger partial charge in [-0.1, -0.05) is 31.6 Å². The molecule has 0 saturated carbocycles. The molecule has 0 saturated heterocycles. The lowest BCUT2D eigenvalue weighted by Crippen LogP contribution is -2.38. The van der Waals surface area contributed by atoms with Crippen LogP contribution in [0.2, 0.25) is 19.6 Å². The Bertz CT molecular complexity index is 170. The minimum atomic E-state index is -1.19. The van der Waals surface area contributed by atoms with Crippen molar-refractivity contribution in [1.82, 2.24) is 3.97 Å². The first-order valence-corrected chi connectivity index (χ1v) is 8.81. The van der Waals surface area contributed by atoms with Gasteiger partial charge < -0.3 is 5.11 Å². The van der Waals surface area contributed by atoms with Gasteiger partial charge in [0.1, 0.15) is 8.24 Å². The van der Waals surface area contributed by atoms with E-state index in [0.717, 1.165) is 12.2 Å². The van der Waals surface area contributed by atoms with Crippen molar-refractivity contribution < 1.29 is 9.90 Å². The van der Waals surface area contributed by atoms with E-state index < -0.39 is 14.2 Å². The molecular formula is C8H19NO2SSi. The van der Waals surface area contributed by atoms with Crippen LogP contribution in [-0.2, 0) is 4.79 Å². The van der Waals surface area contributed by atoms with Gasteiger partial charge in [-0.15, -0.1) is 0 Å². The van der Waals surface area contributed by atoms with Crippen molar-refractivity contribution >= 4 is 26.2 Å². The van der Waals surface area contributed by atoms with Crippen LogP contribution in [-0.4, -0.2) is 36.1 Å². The summed E-state index contributed by atoms with van der Waals surface area (Å²) in [5, 5.41) is 8.42. The quantitative estimate of drug-likeness (QED) is 0.424. The fourth-order valence-electron chi connectivity index (χ4n) is 0.619. The van der Waals surface area contributed by atoms with Crippen LogP contribution in [0.15, 0.2) is 0 Å². The van der Waals surface area contributed by atoms with Crippen LogP contribution in [0.4, 0.5) is 0 Å². The van der Waals surface area contributed by atoms with Gasteiger partial charge in [0, 0.05) is 12.2 Å². The van der Waals surface area contributed by atoms with Gasteiger partial charge in [-0.2, -0.15) is 0 Å². The third kappa shape index (κ3) is 7.10. The van der Waals surface area contributed by atoms with E-state index >= 15 is 0 Å². The van der Waals surface area contributed by atoms with E-state index in [1.165, 1.54) is 0 Å². The Morgan fingerprint density at radius 1 is 1.46 bits per heavy atom. The van der Waals surface area contributed by atoms with Crippen molar-refractivity contribution in [2.75, 3.05) is 12.8 Å². The lowest BCUT2D eigenvalue weighted by molar-refractivity contribution is -0.137. The van der Waals surface area contributed by atoms with Crippen LogP contribution in [0, 0.1) is 0 Å². The lowest BCUT2D eigenvalue weighted by Gasteiger charge is -2.28. The number of carboxylic acids is 1. The van der Waals surface area contributed by atoms with E-state index in [9.17, 15) is 4.79 Å². The third-order valence-electron chi connectivity index (χ3n) is 1.76. The summed E-state index contributed by atoms with van der Waals surface area (Å²) in [6.45, 7) is 6.82. The second-order valence-electron chi connectivity index (χ2n) is 4.00. The second-order valence-corrected chi connectivity index (χ2v) is 10.5. The molecule has 0 radical (unpaired) electrons. The van der Waals surface area contributed by atoms with Crippen molar-refractivity contribution in [2.24, 2.45) is 0 Å². The minimum Gasteiger partial charge on any atom is -0.481 e. The molecule has 0 rings (SSSR count). The molecule has 0 spiro atoms. The summed E-state index contributed by atoms with van der Waals surface area (Å²) >= 11 is 1.76. The van der Waals surface area contributed by atoms with Crippen LogP contribution in [0.1, 0.15) is 12.8 Å². The number of hydrogen-bond acceptors (Lipinski definition) is 3. The summed E-state index contributed by atoms with van der Waals surface area (Å²) in [7, 11) is 0.906. The Morgan fingerprint density at radius 2 is 2.00 bits per heavy atom. The SMILES string of the molecule is CN(SCCCC(=O)O)[Si](C)(C)C. The van der Waals surface area contributed by atoms with Gasteiger partial charge in [0.15, 0.2) is 0 Å². The molecule has 0 aliphatic carbocycles. The standard InChI is InChI=1S/C8H19NO2SSi/c1-9(13(2,3)4)12-7-5-6-8(10)11/h5-7H2,1-4H3,(H,10,11). The maximum Gasteiger partial charge on any atom is 0.303 e. The molecule has 0 amide bonds. The Morgan fingerprint density at radius 3 is 2.38 bits per heavy atom. The summed E-state index contributed by atoms with van der Waals surface area (Å²) in [6, 6.07) is 0. The second kappa shape index (κ2) is 5.67. The Kier molecular flexibility index (Phi) is 5.67. The first kappa shape index (κ1) is 13.0. The van der Waals surface area contributed by atoms with Gasteiger partial charge in [0.05, 0.1) is 0 Å². The zero-order valence-corrected chi connectivity index (χ0v) is 10.6. The van der Waals surface area contributed by atoms with E-state index in [0.29, 0.717) is 0 Å². The van der Waals surface area contributed by atoms with E-state index in [4.69, 9.17) is 5.11 Å². The molecule has 0 aromatic heterocycles. The fourth-order valence-corrected chi connectivity index (χ4v) is 2.99. The Labute approximate surface area is 85.7 Å². The largest absolute Gasteiger partial charge is 0.481 e. The van der Waals surface area contributed by atoms with Gasteiger partial charge in [-0.3, -0.25) is 8.77 Å². The molecule has 1 N–H and O–H groups in total. The van der Waals surface area contributed by atoms with E-state index in [1.807, 2.05) is 0 Å². The summed E-state index contributed by atoms with van der Waals surface area (Å²) in [4.78, 5) is 10.2. The molecule has 5 heteroatoms. The van der Waals surface area contributed by atoms with Crippen LogP contribution < -0.4 is 0 Å². The molecule has 13 heavy (non-hydrogen) atoms. The van der Waals surface area contributed by atoms with Gasteiger partial charge in [-0.05, 0) is 13.5 Å². The topological polar surface area (TPSA) is 40.5 Å². The highest BCUT2D eigenvalue weighted by Crippen LogP contribution is 2.18. The number of aliphatic carboxylic acids is 1. The molecule has 0 aromatic carbocycles. The molecule has 0 fully saturated rings. The van der Waals surface area contributed by atoms with Crippen molar-refractivity contribution in [2.45, 2.75) is 32.5 Å². The average Bonchev–Trinajstić information content (AvgIpc) is 1.95. The predicted octanol–water partition coefficient (Wildman–Crippen LogP) is 2.27. The highest BCUT2D eigenvalue weighted by molar-refractivity contribution is 7.98. The van der Waals surface area contributed by atoms with Crippen molar-refractivity contribution in [1.29, 1.82) is 0 Å². The maximum absolute atomic E-state index is 10.2. The van der Waals surface area contributed by atoms with Crippen molar-refractivity contribution in [3.8, 4) is 0 Å². The highest BCUT2D eigenvalue weighted by atomic mass is 32.2. The van der Waals surface area contributed by atoms with Crippen molar-refractivity contribution in [3.63, 3.8) is 0 Å². The number of rotatable bonds is 6. The Hall–Kier alpha value is -0.00312. The first-order chi connectivity index (χ1) is 5.84. The molecule has 0 heterocycles. The predicted molar refractivity (Wildman–Crippen MR) is 60.4 cm³/mol. The van der Waals surface area contributed by atoms with Crippen LogP contribution in [0.3, 0.4) is 0 Å². The summed E-state index contributed by atoms with van der Waals surface area (Å²) in [5.74, 6) is 0.212. The molecule has 0 aliphatic heterocycles. The monoisotopic (exact) mass is 221 g/mol. The highest BCUT2D eigenvalue weighted by Gasteiger charge is 2.19. The van der Waals surface area contributed by atoms with Gasteiger partial charge in [0.25, 0.3) is 0 Å². The summed E-state index contributed by atoms with van der Waals surface area (Å²) in [5.41, 5.74) is 0. The minimum absolute atomic E-state index is 0.284. The number of nitrogens with zero attached hydrogens (tertiary/aromatic N) is 1. The molecule has 0 atom stereocenters. The molecular weight excluding hydrogens is 202 g/mol. The average molecular weight is 221 g/mol. The maximum atomic E-state index is 10.2. The molecule has 0 unspecified atom stereocenters. The molecule has 0 aromatic rings. The zero-order valence-electron chi connectivity index (χ0n) is 8.83. The van der Waals surface area contributed by atoms with Gasteiger partial charge in [0.2, 0.25) is 0 Å². The number of carboxylic acid groups (broad SMARTS) is 1. The normalized spacial score (nSPS) is 12.1. The van der Waals surface area contributed by atoms with E-state index in [2.05, 4.69) is 30.7 Å². The molecule has 0 aliphatic rings. The van der Waals surface area contributed by atoms with Gasteiger partial charge >= 0.3 is 5.97 Å².